The van der Waals surface area contributed by atoms with Crippen molar-refractivity contribution in [1.82, 2.24) is 45.1 Å². The van der Waals surface area contributed by atoms with E-state index in [1.165, 1.54) is 6.07 Å². The Morgan fingerprint density at radius 3 is 2.71 bits per heavy atom. The number of pyridine rings is 2. The van der Waals surface area contributed by atoms with Crippen molar-refractivity contribution in [3.63, 3.8) is 0 Å². The fraction of sp³-hybridized carbons (Fsp3) is 0.0435. The number of aromatic nitrogens is 9. The molecule has 0 radical (unpaired) electrons. The fourth-order valence-electron chi connectivity index (χ4n) is 3.74. The second-order valence-electron chi connectivity index (χ2n) is 7.71. The molecule has 5 aromatic heterocycles. The Balaban J connectivity index is 1.37. The molecule has 0 bridgehead atoms. The van der Waals surface area contributed by atoms with Crippen LogP contribution in [0.15, 0.2) is 61.4 Å². The standard InChI is InChI=1S/C23H14ClF2N9/c24-16-4-14(17(25)5-18(16)26)23-15(8-30-33-23)19-1-2-20-21(31-19)3-12(6-28-20)22-10-35(34-32-22)9-13-7-27-11-29-13/h1-8,10-11H,9H2,(H,27,29)(H,30,33). The smallest absolute Gasteiger partial charge is 0.144 e. The van der Waals surface area contributed by atoms with E-state index in [1.807, 2.05) is 6.07 Å². The number of imidazole rings is 1. The van der Waals surface area contributed by atoms with Crippen LogP contribution in [0.4, 0.5) is 8.78 Å². The van der Waals surface area contributed by atoms with Crippen LogP contribution in [0.3, 0.4) is 0 Å². The van der Waals surface area contributed by atoms with E-state index in [0.717, 1.165) is 17.3 Å². The Labute approximate surface area is 200 Å². The second-order valence-corrected chi connectivity index (χ2v) is 8.12. The highest BCUT2D eigenvalue weighted by molar-refractivity contribution is 6.31. The van der Waals surface area contributed by atoms with E-state index >= 15 is 0 Å². The average Bonchev–Trinajstić information content (AvgIpc) is 3.63. The lowest BCUT2D eigenvalue weighted by Gasteiger charge is -2.07. The Morgan fingerprint density at radius 2 is 1.86 bits per heavy atom. The summed E-state index contributed by atoms with van der Waals surface area (Å²) in [6.07, 6.45) is 8.49. The number of hydrogen-bond donors (Lipinski definition) is 2. The maximum Gasteiger partial charge on any atom is 0.144 e. The molecule has 0 aliphatic rings. The van der Waals surface area contributed by atoms with Crippen molar-refractivity contribution >= 4 is 22.6 Å². The first kappa shape index (κ1) is 21.1. The van der Waals surface area contributed by atoms with E-state index in [9.17, 15) is 8.78 Å². The number of aromatic amines is 2. The molecule has 2 N–H and O–H groups in total. The Bertz CT molecular complexity index is 1670. The van der Waals surface area contributed by atoms with Crippen LogP contribution in [0.5, 0.6) is 0 Å². The molecule has 12 heteroatoms. The maximum atomic E-state index is 14.5. The minimum atomic E-state index is -0.839. The molecule has 0 atom stereocenters. The van der Waals surface area contributed by atoms with Gasteiger partial charge in [0.2, 0.25) is 0 Å². The lowest BCUT2D eigenvalue weighted by Crippen LogP contribution is -2.00. The van der Waals surface area contributed by atoms with E-state index < -0.39 is 11.6 Å². The van der Waals surface area contributed by atoms with Crippen LogP contribution >= 0.6 is 11.6 Å². The van der Waals surface area contributed by atoms with Crippen LogP contribution < -0.4 is 0 Å². The summed E-state index contributed by atoms with van der Waals surface area (Å²) < 4.78 is 29.8. The molecule has 5 heterocycles. The number of H-pyrrole nitrogens is 2. The van der Waals surface area contributed by atoms with Crippen molar-refractivity contribution in [2.45, 2.75) is 6.54 Å². The third-order valence-corrected chi connectivity index (χ3v) is 5.72. The molecule has 0 aliphatic heterocycles. The monoisotopic (exact) mass is 489 g/mol. The molecule has 35 heavy (non-hydrogen) atoms. The molecule has 0 amide bonds. The maximum absolute atomic E-state index is 14.5. The molecule has 0 unspecified atom stereocenters. The summed E-state index contributed by atoms with van der Waals surface area (Å²) in [6, 6.07) is 7.36. The number of hydrogen-bond acceptors (Lipinski definition) is 6. The first-order valence-electron chi connectivity index (χ1n) is 10.4. The van der Waals surface area contributed by atoms with Crippen molar-refractivity contribution < 1.29 is 8.78 Å². The molecule has 1 aromatic carbocycles. The normalized spacial score (nSPS) is 11.4. The van der Waals surface area contributed by atoms with Gasteiger partial charge in [-0.2, -0.15) is 5.10 Å². The van der Waals surface area contributed by atoms with Gasteiger partial charge in [0, 0.05) is 41.3 Å². The SMILES string of the molecule is Fc1cc(F)c(-c2n[nH]cc2-c2ccc3ncc(-c4cn(Cc5c[nH]cn5)nn4)cc3n2)cc1Cl. The topological polar surface area (TPSA) is 114 Å². The molecule has 6 rings (SSSR count). The molecular weight excluding hydrogens is 476 g/mol. The summed E-state index contributed by atoms with van der Waals surface area (Å²) in [5, 5.41) is 15.1. The van der Waals surface area contributed by atoms with Crippen molar-refractivity contribution in [3.8, 4) is 33.8 Å². The predicted molar refractivity (Wildman–Crippen MR) is 124 cm³/mol. The number of benzene rings is 1. The zero-order valence-corrected chi connectivity index (χ0v) is 18.5. The Morgan fingerprint density at radius 1 is 0.943 bits per heavy atom. The second kappa shape index (κ2) is 8.37. The molecule has 172 valence electrons. The minimum Gasteiger partial charge on any atom is -0.351 e. The van der Waals surface area contributed by atoms with Gasteiger partial charge >= 0.3 is 0 Å². The highest BCUT2D eigenvalue weighted by Crippen LogP contribution is 2.34. The lowest BCUT2D eigenvalue weighted by atomic mass is 10.0. The van der Waals surface area contributed by atoms with Crippen LogP contribution in [-0.2, 0) is 6.54 Å². The van der Waals surface area contributed by atoms with E-state index in [2.05, 4.69) is 35.5 Å². The highest BCUT2D eigenvalue weighted by atomic mass is 35.5. The van der Waals surface area contributed by atoms with Crippen molar-refractivity contribution in [2.24, 2.45) is 0 Å². The zero-order chi connectivity index (χ0) is 23.9. The number of nitrogens with zero attached hydrogens (tertiary/aromatic N) is 7. The van der Waals surface area contributed by atoms with Gasteiger partial charge in [-0.15, -0.1) is 5.10 Å². The minimum absolute atomic E-state index is 0.0648. The number of halogens is 3. The first-order chi connectivity index (χ1) is 17.0. The van der Waals surface area contributed by atoms with Crippen LogP contribution in [0.1, 0.15) is 5.69 Å². The van der Waals surface area contributed by atoms with Crippen LogP contribution in [0.25, 0.3) is 44.8 Å². The van der Waals surface area contributed by atoms with E-state index in [-0.39, 0.29) is 16.3 Å². The number of nitrogens with one attached hydrogen (secondary N) is 2. The average molecular weight is 490 g/mol. The zero-order valence-electron chi connectivity index (χ0n) is 17.7. The Kier molecular flexibility index (Phi) is 5.03. The largest absolute Gasteiger partial charge is 0.351 e. The van der Waals surface area contributed by atoms with Crippen molar-refractivity contribution in [1.29, 1.82) is 0 Å². The molecule has 0 spiro atoms. The highest BCUT2D eigenvalue weighted by Gasteiger charge is 2.18. The van der Waals surface area contributed by atoms with Gasteiger partial charge < -0.3 is 4.98 Å². The molecule has 9 nitrogen and oxygen atoms in total. The summed E-state index contributed by atoms with van der Waals surface area (Å²) in [5.74, 6) is -1.61. The third-order valence-electron chi connectivity index (χ3n) is 5.43. The van der Waals surface area contributed by atoms with Gasteiger partial charge in [0.25, 0.3) is 0 Å². The van der Waals surface area contributed by atoms with E-state index in [0.29, 0.717) is 34.5 Å². The number of rotatable bonds is 5. The lowest BCUT2D eigenvalue weighted by molar-refractivity contribution is 0.585. The van der Waals surface area contributed by atoms with Crippen LogP contribution in [0.2, 0.25) is 5.02 Å². The van der Waals surface area contributed by atoms with Gasteiger partial charge in [0.05, 0.1) is 46.5 Å². The van der Waals surface area contributed by atoms with Crippen LogP contribution in [0, 0.1) is 11.6 Å². The molecule has 0 aliphatic carbocycles. The predicted octanol–water partition coefficient (Wildman–Crippen LogP) is 4.65. The summed E-state index contributed by atoms with van der Waals surface area (Å²) in [4.78, 5) is 16.3. The quantitative estimate of drug-likeness (QED) is 0.341. The number of fused-ring (bicyclic) bond motifs is 1. The molecule has 0 fully saturated rings. The van der Waals surface area contributed by atoms with Gasteiger partial charge in [-0.05, 0) is 24.3 Å². The van der Waals surface area contributed by atoms with Gasteiger partial charge in [-0.1, -0.05) is 16.8 Å². The summed E-state index contributed by atoms with van der Waals surface area (Å²) >= 11 is 5.87. The van der Waals surface area contributed by atoms with Gasteiger partial charge in [-0.3, -0.25) is 10.1 Å². The molecule has 6 aromatic rings. The molecule has 0 saturated heterocycles. The van der Waals surface area contributed by atoms with E-state index in [4.69, 9.17) is 16.6 Å². The molecule has 0 saturated carbocycles. The van der Waals surface area contributed by atoms with Crippen molar-refractivity contribution in [3.05, 3.63) is 83.8 Å². The Hall–Kier alpha value is -4.51. The summed E-state index contributed by atoms with van der Waals surface area (Å²) in [6.45, 7) is 0.479. The van der Waals surface area contributed by atoms with E-state index in [1.54, 1.807) is 47.9 Å². The van der Waals surface area contributed by atoms with Gasteiger partial charge in [-0.25, -0.2) is 23.4 Å². The van der Waals surface area contributed by atoms with Gasteiger partial charge in [0.15, 0.2) is 0 Å². The van der Waals surface area contributed by atoms with Crippen molar-refractivity contribution in [2.75, 3.05) is 0 Å². The van der Waals surface area contributed by atoms with Gasteiger partial charge in [0.1, 0.15) is 23.0 Å². The molecular formula is C23H14ClF2N9. The summed E-state index contributed by atoms with van der Waals surface area (Å²) in [7, 11) is 0. The summed E-state index contributed by atoms with van der Waals surface area (Å²) in [5.41, 5.74) is 4.87. The van der Waals surface area contributed by atoms with Crippen LogP contribution in [-0.4, -0.2) is 45.1 Å². The first-order valence-corrected chi connectivity index (χ1v) is 10.8. The fourth-order valence-corrected chi connectivity index (χ4v) is 3.91. The third kappa shape index (κ3) is 3.91.